The normalized spacial score (nSPS) is 17.1. The van der Waals surface area contributed by atoms with Gasteiger partial charge in [0.05, 0.1) is 40.0 Å². The summed E-state index contributed by atoms with van der Waals surface area (Å²) in [5, 5.41) is 0. The Balaban J connectivity index is 1.61. The number of hydrogen-bond acceptors (Lipinski definition) is 9. The lowest BCUT2D eigenvalue weighted by Crippen LogP contribution is -2.37. The first-order chi connectivity index (χ1) is 27.7. The number of esters is 2. The number of rotatable bonds is 37. The third-order valence-electron chi connectivity index (χ3n) is 10.9. The zero-order valence-electron chi connectivity index (χ0n) is 37.7. The van der Waals surface area contributed by atoms with E-state index in [9.17, 15) is 19.0 Å². The average Bonchev–Trinajstić information content (AvgIpc) is 3.86. The molecule has 3 unspecified atom stereocenters. The van der Waals surface area contributed by atoms with Crippen LogP contribution < -0.4 is 0 Å². The number of carbonyl (C=O) groups is 2. The number of aryl methyl sites for hydroxylation is 2. The zero-order chi connectivity index (χ0) is 42.7. The second-order valence-electron chi connectivity index (χ2n) is 17.4. The zero-order valence-corrected chi connectivity index (χ0v) is 38.6. The number of carbonyl (C=O) groups excluding carboxylic acids is 2. The number of likely N-dealkylation sites (N-methyl/N-ethyl adjacent to an activating group) is 1. The van der Waals surface area contributed by atoms with Gasteiger partial charge in [-0.15, -0.1) is 0 Å². The SMILES string of the molecule is CCCCCC1OC1C/C=C\CCCCCCCC(=O)O[C@H](COC(=O)CCCCCCCCCCc1oc(CCC)c(C)c1C)COP(=O)(O)OCC[N+](C)(C)C. The Kier molecular flexibility index (Phi) is 27.0. The average molecular weight is 841 g/mol. The molecular formula is C46H83NO10P+. The highest BCUT2D eigenvalue weighted by Crippen LogP contribution is 2.43. The van der Waals surface area contributed by atoms with E-state index in [1.54, 1.807) is 0 Å². The fourth-order valence-electron chi connectivity index (χ4n) is 6.95. The van der Waals surface area contributed by atoms with Crippen LogP contribution in [-0.4, -0.2) is 87.1 Å². The molecule has 58 heavy (non-hydrogen) atoms. The first-order valence-corrected chi connectivity index (χ1v) is 24.4. The van der Waals surface area contributed by atoms with Crippen LogP contribution in [0.4, 0.5) is 0 Å². The Hall–Kier alpha value is -2.01. The van der Waals surface area contributed by atoms with E-state index in [1.807, 2.05) is 21.1 Å². The summed E-state index contributed by atoms with van der Waals surface area (Å²) in [4.78, 5) is 35.5. The molecule has 1 aromatic heterocycles. The lowest BCUT2D eigenvalue weighted by molar-refractivity contribution is -0.870. The van der Waals surface area contributed by atoms with Crippen molar-refractivity contribution in [3.8, 4) is 0 Å². The van der Waals surface area contributed by atoms with E-state index in [0.717, 1.165) is 95.0 Å². The standard InChI is InChI=1S/C46H82NO10P/c1-8-10-23-30-43-44(57-43)31-25-20-16-12-14-18-22-27-33-46(49)55-40(37-54-58(50,51)53-35-34-47(5,6)7)36-52-45(48)32-26-21-17-13-11-15-19-24-29-42-39(4)38(3)41(56-42)28-9-2/h20,25,40,43-44H,8-19,21-24,26-37H2,1-7H3/p+1/b25-20-/t40-,43?,44?/m1/s1. The second kappa shape index (κ2) is 30.1. The van der Waals surface area contributed by atoms with E-state index in [4.69, 9.17) is 27.7 Å². The van der Waals surface area contributed by atoms with Crippen molar-refractivity contribution in [1.82, 2.24) is 0 Å². The number of nitrogens with zero attached hydrogens (tertiary/aromatic N) is 1. The third kappa shape index (κ3) is 25.6. The molecule has 0 radical (unpaired) electrons. The van der Waals surface area contributed by atoms with Gasteiger partial charge in [-0.1, -0.05) is 103 Å². The molecule has 1 N–H and O–H groups in total. The van der Waals surface area contributed by atoms with Gasteiger partial charge in [0.2, 0.25) is 0 Å². The molecule has 1 aliphatic heterocycles. The molecule has 0 saturated carbocycles. The van der Waals surface area contributed by atoms with Gasteiger partial charge in [0.1, 0.15) is 31.3 Å². The maximum absolute atomic E-state index is 12.7. The molecule has 1 saturated heterocycles. The second-order valence-corrected chi connectivity index (χ2v) is 18.9. The third-order valence-corrected chi connectivity index (χ3v) is 11.9. The lowest BCUT2D eigenvalue weighted by Gasteiger charge is -2.24. The molecule has 0 aliphatic carbocycles. The largest absolute Gasteiger partial charge is 0.472 e. The Morgan fingerprint density at radius 3 is 1.97 bits per heavy atom. The van der Waals surface area contributed by atoms with Crippen molar-refractivity contribution in [1.29, 1.82) is 0 Å². The molecule has 2 heterocycles. The highest BCUT2D eigenvalue weighted by atomic mass is 31.2. The van der Waals surface area contributed by atoms with Gasteiger partial charge < -0.3 is 28.0 Å². The number of ether oxygens (including phenoxy) is 3. The maximum Gasteiger partial charge on any atom is 0.472 e. The number of phosphoric acid groups is 1. The summed E-state index contributed by atoms with van der Waals surface area (Å²) in [7, 11) is 1.44. The van der Waals surface area contributed by atoms with Gasteiger partial charge in [-0.25, -0.2) is 4.57 Å². The quantitative estimate of drug-likeness (QED) is 0.0172. The summed E-state index contributed by atoms with van der Waals surface area (Å²) in [6, 6.07) is 0. The summed E-state index contributed by atoms with van der Waals surface area (Å²) in [5.74, 6) is 1.46. The van der Waals surface area contributed by atoms with Crippen molar-refractivity contribution in [2.75, 3.05) is 47.5 Å². The Morgan fingerprint density at radius 1 is 0.724 bits per heavy atom. The molecule has 1 fully saturated rings. The van der Waals surface area contributed by atoms with Gasteiger partial charge in [0.15, 0.2) is 6.10 Å². The first kappa shape index (κ1) is 52.1. The van der Waals surface area contributed by atoms with Gasteiger partial charge >= 0.3 is 19.8 Å². The minimum Gasteiger partial charge on any atom is -0.466 e. The monoisotopic (exact) mass is 841 g/mol. The Bertz CT molecular complexity index is 1340. The summed E-state index contributed by atoms with van der Waals surface area (Å²) in [6.07, 6.45) is 28.4. The minimum atomic E-state index is -4.39. The van der Waals surface area contributed by atoms with E-state index in [0.29, 0.717) is 36.1 Å². The fraction of sp³-hybridized carbons (Fsp3) is 0.826. The van der Waals surface area contributed by atoms with Gasteiger partial charge in [0, 0.05) is 25.7 Å². The molecule has 1 aromatic rings. The van der Waals surface area contributed by atoms with Crippen LogP contribution in [-0.2, 0) is 50.3 Å². The molecule has 12 heteroatoms. The first-order valence-electron chi connectivity index (χ1n) is 22.9. The van der Waals surface area contributed by atoms with Crippen LogP contribution in [0, 0.1) is 13.8 Å². The number of furan rings is 1. The highest BCUT2D eigenvalue weighted by Gasteiger charge is 2.36. The molecule has 0 amide bonds. The van der Waals surface area contributed by atoms with E-state index in [-0.39, 0.29) is 32.0 Å². The number of hydrogen-bond donors (Lipinski definition) is 1. The topological polar surface area (TPSA) is 134 Å². The Labute approximate surface area is 352 Å². The molecule has 0 aromatic carbocycles. The summed E-state index contributed by atoms with van der Waals surface area (Å²) in [5.41, 5.74) is 2.63. The van der Waals surface area contributed by atoms with Gasteiger partial charge in [-0.05, 0) is 76.3 Å². The van der Waals surface area contributed by atoms with Crippen LogP contribution in [0.3, 0.4) is 0 Å². The summed E-state index contributed by atoms with van der Waals surface area (Å²) >= 11 is 0. The summed E-state index contributed by atoms with van der Waals surface area (Å²) in [6.45, 7) is 8.60. The van der Waals surface area contributed by atoms with Crippen LogP contribution in [0.25, 0.3) is 0 Å². The molecule has 11 nitrogen and oxygen atoms in total. The van der Waals surface area contributed by atoms with Crippen LogP contribution in [0.5, 0.6) is 0 Å². The number of unbranched alkanes of at least 4 members (excludes halogenated alkanes) is 14. The smallest absolute Gasteiger partial charge is 0.466 e. The van der Waals surface area contributed by atoms with Crippen LogP contribution in [0.2, 0.25) is 0 Å². The number of epoxide rings is 1. The maximum atomic E-state index is 12.7. The number of phosphoric ester groups is 1. The van der Waals surface area contributed by atoms with E-state index in [2.05, 4.69) is 39.8 Å². The fourth-order valence-corrected chi connectivity index (χ4v) is 7.69. The molecule has 0 spiro atoms. The van der Waals surface area contributed by atoms with E-state index >= 15 is 0 Å². The van der Waals surface area contributed by atoms with E-state index in [1.165, 1.54) is 56.1 Å². The van der Waals surface area contributed by atoms with Crippen molar-refractivity contribution in [2.45, 2.75) is 200 Å². The van der Waals surface area contributed by atoms with Crippen molar-refractivity contribution >= 4 is 19.8 Å². The highest BCUT2D eigenvalue weighted by molar-refractivity contribution is 7.47. The van der Waals surface area contributed by atoms with Crippen molar-refractivity contribution in [3.05, 3.63) is 34.8 Å². The van der Waals surface area contributed by atoms with E-state index < -0.39 is 26.5 Å². The molecule has 4 atom stereocenters. The van der Waals surface area contributed by atoms with Gasteiger partial charge in [-0.3, -0.25) is 18.6 Å². The van der Waals surface area contributed by atoms with Crippen LogP contribution >= 0.6 is 7.82 Å². The van der Waals surface area contributed by atoms with Crippen molar-refractivity contribution in [2.24, 2.45) is 0 Å². The van der Waals surface area contributed by atoms with Gasteiger partial charge in [-0.2, -0.15) is 0 Å². The lowest BCUT2D eigenvalue weighted by atomic mass is 10.0. The number of quaternary nitrogens is 1. The minimum absolute atomic E-state index is 0.0210. The molecule has 2 rings (SSSR count). The molecule has 336 valence electrons. The molecule has 1 aliphatic rings. The molecular weight excluding hydrogens is 757 g/mol. The van der Waals surface area contributed by atoms with Crippen molar-refractivity contribution in [3.63, 3.8) is 0 Å². The van der Waals surface area contributed by atoms with Crippen molar-refractivity contribution < 1.29 is 51.2 Å². The predicted octanol–water partition coefficient (Wildman–Crippen LogP) is 11.2. The number of allylic oxidation sites excluding steroid dienone is 1. The Morgan fingerprint density at radius 2 is 1.33 bits per heavy atom. The van der Waals surface area contributed by atoms with Crippen LogP contribution in [0.15, 0.2) is 16.6 Å². The predicted molar refractivity (Wildman–Crippen MR) is 232 cm³/mol. The van der Waals surface area contributed by atoms with Crippen LogP contribution in [0.1, 0.15) is 178 Å². The summed E-state index contributed by atoms with van der Waals surface area (Å²) < 4.78 is 46.3. The molecule has 0 bridgehead atoms. The van der Waals surface area contributed by atoms with Gasteiger partial charge in [0.25, 0.3) is 0 Å².